The zero-order valence-electron chi connectivity index (χ0n) is 18.2. The first-order valence-electron chi connectivity index (χ1n) is 11.6. The van der Waals surface area contributed by atoms with E-state index in [0.29, 0.717) is 18.7 Å². The van der Waals surface area contributed by atoms with Crippen LogP contribution in [0.4, 0.5) is 0 Å². The summed E-state index contributed by atoms with van der Waals surface area (Å²) in [6.45, 7) is 3.00. The number of carbonyl (C=O) groups excluding carboxylic acids is 2. The largest absolute Gasteiger partial charge is 0.342 e. The van der Waals surface area contributed by atoms with Gasteiger partial charge in [0.15, 0.2) is 0 Å². The van der Waals surface area contributed by atoms with E-state index in [-0.39, 0.29) is 17.7 Å². The molecule has 3 aromatic rings. The maximum atomic E-state index is 13.6. The third-order valence-electron chi connectivity index (χ3n) is 6.70. The number of amides is 2. The molecule has 0 aliphatic carbocycles. The van der Waals surface area contributed by atoms with Crippen LogP contribution in [0.5, 0.6) is 0 Å². The maximum absolute atomic E-state index is 13.6. The number of para-hydroxylation sites is 1. The third-order valence-corrected chi connectivity index (χ3v) is 6.70. The summed E-state index contributed by atoms with van der Waals surface area (Å²) >= 11 is 0. The summed E-state index contributed by atoms with van der Waals surface area (Å²) in [7, 11) is 0. The highest BCUT2D eigenvalue weighted by molar-refractivity contribution is 6.07. The lowest BCUT2D eigenvalue weighted by Crippen LogP contribution is -2.45. The molecular formula is C26H28N4O2. The summed E-state index contributed by atoms with van der Waals surface area (Å²) < 4.78 is 0. The van der Waals surface area contributed by atoms with Crippen molar-refractivity contribution >= 4 is 22.7 Å². The minimum atomic E-state index is 0.0117. The second kappa shape index (κ2) is 9.07. The molecule has 0 N–H and O–H groups in total. The Morgan fingerprint density at radius 3 is 2.41 bits per heavy atom. The summed E-state index contributed by atoms with van der Waals surface area (Å²) in [5.74, 6) is 0.333. The van der Waals surface area contributed by atoms with Crippen LogP contribution in [-0.2, 0) is 4.79 Å². The van der Waals surface area contributed by atoms with Crippen molar-refractivity contribution in [1.29, 1.82) is 0 Å². The third kappa shape index (κ3) is 4.09. The van der Waals surface area contributed by atoms with E-state index in [1.54, 1.807) is 12.4 Å². The first kappa shape index (κ1) is 20.6. The number of rotatable bonds is 3. The van der Waals surface area contributed by atoms with Crippen molar-refractivity contribution < 1.29 is 9.59 Å². The van der Waals surface area contributed by atoms with E-state index in [1.807, 2.05) is 52.3 Å². The number of benzene rings is 1. The normalized spacial score (nSPS) is 17.5. The van der Waals surface area contributed by atoms with Crippen LogP contribution in [0, 0.1) is 5.92 Å². The molecule has 2 aliphatic heterocycles. The number of carbonyl (C=O) groups is 2. The Balaban J connectivity index is 1.36. The van der Waals surface area contributed by atoms with E-state index in [0.717, 1.165) is 60.9 Å². The Kier molecular flexibility index (Phi) is 5.84. The summed E-state index contributed by atoms with van der Waals surface area (Å²) in [5, 5.41) is 0.858. The highest BCUT2D eigenvalue weighted by atomic mass is 16.2. The Morgan fingerprint density at radius 1 is 0.875 bits per heavy atom. The zero-order chi connectivity index (χ0) is 21.9. The van der Waals surface area contributed by atoms with Crippen LogP contribution in [-0.4, -0.2) is 57.8 Å². The van der Waals surface area contributed by atoms with Gasteiger partial charge >= 0.3 is 0 Å². The molecule has 2 aliphatic rings. The molecule has 2 saturated heterocycles. The number of piperidine rings is 2. The minimum absolute atomic E-state index is 0.0117. The van der Waals surface area contributed by atoms with Gasteiger partial charge in [-0.3, -0.25) is 14.6 Å². The Labute approximate surface area is 188 Å². The molecule has 2 fully saturated rings. The molecule has 4 heterocycles. The Morgan fingerprint density at radius 2 is 1.66 bits per heavy atom. The number of fused-ring (bicyclic) bond motifs is 1. The van der Waals surface area contributed by atoms with Crippen molar-refractivity contribution in [3.8, 4) is 11.3 Å². The SMILES string of the molecule is O=C(c1cc(-c2cccnc2)nc2ccccc12)N1CCC(C(=O)N2CCCCC2)CC1. The van der Waals surface area contributed by atoms with Crippen molar-refractivity contribution in [1.82, 2.24) is 19.8 Å². The predicted octanol–water partition coefficient (Wildman–Crippen LogP) is 4.16. The lowest BCUT2D eigenvalue weighted by Gasteiger charge is -2.35. The highest BCUT2D eigenvalue weighted by Crippen LogP contribution is 2.28. The van der Waals surface area contributed by atoms with E-state index in [1.165, 1.54) is 6.42 Å². The second-order valence-electron chi connectivity index (χ2n) is 8.77. The van der Waals surface area contributed by atoms with Crippen LogP contribution >= 0.6 is 0 Å². The zero-order valence-corrected chi connectivity index (χ0v) is 18.2. The Bertz CT molecular complexity index is 1120. The van der Waals surface area contributed by atoms with Gasteiger partial charge in [0, 0.05) is 55.4 Å². The monoisotopic (exact) mass is 428 g/mol. The average Bonchev–Trinajstić information content (AvgIpc) is 2.88. The van der Waals surface area contributed by atoms with Gasteiger partial charge in [-0.05, 0) is 56.4 Å². The van der Waals surface area contributed by atoms with E-state index in [9.17, 15) is 9.59 Å². The fraction of sp³-hybridized carbons (Fsp3) is 0.385. The number of pyridine rings is 2. The van der Waals surface area contributed by atoms with Crippen LogP contribution in [0.3, 0.4) is 0 Å². The van der Waals surface area contributed by atoms with Gasteiger partial charge in [0.1, 0.15) is 0 Å². The van der Waals surface area contributed by atoms with E-state index in [2.05, 4.69) is 4.98 Å². The number of aromatic nitrogens is 2. The summed E-state index contributed by atoms with van der Waals surface area (Å²) in [6.07, 6.45) is 8.40. The van der Waals surface area contributed by atoms with Gasteiger partial charge in [0.25, 0.3) is 5.91 Å². The smallest absolute Gasteiger partial charge is 0.254 e. The van der Waals surface area contributed by atoms with E-state index in [4.69, 9.17) is 4.98 Å². The van der Waals surface area contributed by atoms with Gasteiger partial charge in [0.05, 0.1) is 16.8 Å². The first-order valence-corrected chi connectivity index (χ1v) is 11.6. The minimum Gasteiger partial charge on any atom is -0.342 e. The maximum Gasteiger partial charge on any atom is 0.254 e. The molecular weight excluding hydrogens is 400 g/mol. The summed E-state index contributed by atoms with van der Waals surface area (Å²) in [5.41, 5.74) is 3.09. The van der Waals surface area contributed by atoms with Crippen molar-refractivity contribution in [2.24, 2.45) is 5.92 Å². The number of likely N-dealkylation sites (tertiary alicyclic amines) is 2. The lowest BCUT2D eigenvalue weighted by molar-refractivity contribution is -0.137. The van der Waals surface area contributed by atoms with Crippen LogP contribution in [0.1, 0.15) is 42.5 Å². The molecule has 32 heavy (non-hydrogen) atoms. The molecule has 0 radical (unpaired) electrons. The standard InChI is InChI=1S/C26H28N4O2/c31-25(29-13-4-1-5-14-29)19-10-15-30(16-11-19)26(32)22-17-24(20-7-6-12-27-18-20)28-23-9-3-2-8-21(22)23/h2-3,6-9,12,17-19H,1,4-5,10-11,13-16H2. The van der Waals surface area contributed by atoms with Gasteiger partial charge in [-0.25, -0.2) is 4.98 Å². The summed E-state index contributed by atoms with van der Waals surface area (Å²) in [4.78, 5) is 39.3. The molecule has 2 aromatic heterocycles. The molecule has 1 aromatic carbocycles. The van der Waals surface area contributed by atoms with Gasteiger partial charge in [-0.2, -0.15) is 0 Å². The van der Waals surface area contributed by atoms with Gasteiger partial charge in [-0.1, -0.05) is 18.2 Å². The molecule has 164 valence electrons. The first-order chi connectivity index (χ1) is 15.7. The topological polar surface area (TPSA) is 66.4 Å². The second-order valence-corrected chi connectivity index (χ2v) is 8.77. The van der Waals surface area contributed by atoms with E-state index < -0.39 is 0 Å². The van der Waals surface area contributed by atoms with Crippen molar-refractivity contribution in [3.05, 3.63) is 60.4 Å². The molecule has 5 rings (SSSR count). The van der Waals surface area contributed by atoms with Crippen molar-refractivity contribution in [2.45, 2.75) is 32.1 Å². The van der Waals surface area contributed by atoms with Gasteiger partial charge < -0.3 is 9.80 Å². The fourth-order valence-corrected chi connectivity index (χ4v) is 4.89. The highest BCUT2D eigenvalue weighted by Gasteiger charge is 2.31. The van der Waals surface area contributed by atoms with Crippen molar-refractivity contribution in [3.63, 3.8) is 0 Å². The average molecular weight is 429 g/mol. The molecule has 6 heteroatoms. The quantitative estimate of drug-likeness (QED) is 0.628. The van der Waals surface area contributed by atoms with Crippen LogP contribution in [0.15, 0.2) is 54.9 Å². The van der Waals surface area contributed by atoms with Crippen LogP contribution < -0.4 is 0 Å². The molecule has 0 saturated carbocycles. The lowest BCUT2D eigenvalue weighted by atomic mass is 9.93. The molecule has 0 unspecified atom stereocenters. The molecule has 0 atom stereocenters. The van der Waals surface area contributed by atoms with Gasteiger partial charge in [0.2, 0.25) is 5.91 Å². The molecule has 0 spiro atoms. The van der Waals surface area contributed by atoms with Crippen LogP contribution in [0.25, 0.3) is 22.2 Å². The number of nitrogens with zero attached hydrogens (tertiary/aromatic N) is 4. The number of hydrogen-bond donors (Lipinski definition) is 0. The predicted molar refractivity (Wildman–Crippen MR) is 124 cm³/mol. The molecule has 0 bridgehead atoms. The summed E-state index contributed by atoms with van der Waals surface area (Å²) in [6, 6.07) is 13.5. The van der Waals surface area contributed by atoms with Crippen LogP contribution in [0.2, 0.25) is 0 Å². The number of hydrogen-bond acceptors (Lipinski definition) is 4. The molecule has 6 nitrogen and oxygen atoms in total. The molecule has 2 amide bonds. The van der Waals surface area contributed by atoms with Crippen molar-refractivity contribution in [2.75, 3.05) is 26.2 Å². The Hall–Kier alpha value is -3.28. The van der Waals surface area contributed by atoms with Gasteiger partial charge in [-0.15, -0.1) is 0 Å². The fourth-order valence-electron chi connectivity index (χ4n) is 4.89. The van der Waals surface area contributed by atoms with E-state index >= 15 is 0 Å².